The summed E-state index contributed by atoms with van der Waals surface area (Å²) < 4.78 is 5.22. The fourth-order valence-corrected chi connectivity index (χ4v) is 5.44. The summed E-state index contributed by atoms with van der Waals surface area (Å²) in [6.45, 7) is 9.39. The van der Waals surface area contributed by atoms with Crippen molar-refractivity contribution in [2.75, 3.05) is 0 Å². The van der Waals surface area contributed by atoms with Gasteiger partial charge in [-0.3, -0.25) is 0 Å². The zero-order valence-electron chi connectivity index (χ0n) is 24.6. The van der Waals surface area contributed by atoms with Crippen LogP contribution in [0.1, 0.15) is 181 Å². The largest absolute Gasteiger partial charge is 0.256 e. The number of nitrogens with zero attached hydrogens (tertiary/aromatic N) is 2. The van der Waals surface area contributed by atoms with Gasteiger partial charge in [-0.05, 0) is 32.1 Å². The van der Waals surface area contributed by atoms with Crippen molar-refractivity contribution >= 4 is 0 Å². The molecule has 1 rings (SSSR count). The minimum atomic E-state index is 1.23. The molecule has 0 fully saturated rings. The Morgan fingerprint density at radius 1 is 0.486 bits per heavy atom. The first-order valence-electron chi connectivity index (χ1n) is 16.4. The van der Waals surface area contributed by atoms with Crippen LogP contribution >= 0.6 is 0 Å². The van der Waals surface area contributed by atoms with Crippen LogP contribution in [0.25, 0.3) is 0 Å². The van der Waals surface area contributed by atoms with Crippen LogP contribution in [0.4, 0.5) is 0 Å². The van der Waals surface area contributed by atoms with E-state index in [2.05, 4.69) is 42.3 Å². The van der Waals surface area contributed by atoms with Crippen LogP contribution in [-0.2, 0) is 19.5 Å². The van der Waals surface area contributed by atoms with Crippen molar-refractivity contribution in [3.8, 4) is 0 Å². The summed E-state index contributed by atoms with van der Waals surface area (Å²) in [6, 6.07) is 0. The second kappa shape index (κ2) is 24.9. The number of imidazole rings is 1. The zero-order valence-corrected chi connectivity index (χ0v) is 24.6. The lowest BCUT2D eigenvalue weighted by Crippen LogP contribution is -2.37. The molecule has 0 bridgehead atoms. The van der Waals surface area contributed by atoms with Crippen LogP contribution < -0.4 is 4.57 Å². The first-order valence-corrected chi connectivity index (χ1v) is 16.4. The third kappa shape index (κ3) is 18.2. The molecular weight excluding hydrogens is 424 g/mol. The molecule has 1 heterocycles. The molecule has 0 N–H and O–H groups in total. The summed E-state index contributed by atoms with van der Waals surface area (Å²) >= 11 is 0. The van der Waals surface area contributed by atoms with Gasteiger partial charge in [0, 0.05) is 6.42 Å². The molecule has 0 amide bonds. The molecule has 2 nitrogen and oxygen atoms in total. The molecule has 1 aromatic rings. The van der Waals surface area contributed by atoms with Crippen molar-refractivity contribution in [1.29, 1.82) is 0 Å². The lowest BCUT2D eigenvalue weighted by atomic mass is 10.1. The van der Waals surface area contributed by atoms with Gasteiger partial charge in [0.25, 0.3) is 5.82 Å². The maximum absolute atomic E-state index is 2.61. The predicted molar refractivity (Wildman–Crippen MR) is 156 cm³/mol. The van der Waals surface area contributed by atoms with Gasteiger partial charge in [-0.25, -0.2) is 9.13 Å². The molecule has 0 saturated heterocycles. The number of unbranched alkanes of at least 4 members (excludes halogenated alkanes) is 21. The lowest BCUT2D eigenvalue weighted by Gasteiger charge is -2.07. The molecule has 2 heteroatoms. The summed E-state index contributed by atoms with van der Waals surface area (Å²) in [5.41, 5.74) is 0. The smallest absolute Gasteiger partial charge is 0.234 e. The van der Waals surface area contributed by atoms with Gasteiger partial charge in [0.2, 0.25) is 0 Å². The monoisotopic (exact) mass is 490 g/mol. The quantitative estimate of drug-likeness (QED) is 0.0858. The second-order valence-corrected chi connectivity index (χ2v) is 11.3. The zero-order chi connectivity index (χ0) is 25.2. The maximum Gasteiger partial charge on any atom is 0.256 e. The Balaban J connectivity index is 2.31. The summed E-state index contributed by atoms with van der Waals surface area (Å²) in [7, 11) is 0. The predicted octanol–water partition coefficient (Wildman–Crippen LogP) is 10.7. The van der Waals surface area contributed by atoms with Crippen LogP contribution in [0.2, 0.25) is 0 Å². The van der Waals surface area contributed by atoms with Gasteiger partial charge in [0.15, 0.2) is 0 Å². The SMILES string of the molecule is CCCCCCCCCCCCn1cc[n+](CCCCCCCCCCC)c1CCCCCCC. The Labute approximate surface area is 221 Å². The van der Waals surface area contributed by atoms with Crippen LogP contribution in [0, 0.1) is 0 Å². The van der Waals surface area contributed by atoms with Crippen molar-refractivity contribution in [1.82, 2.24) is 4.57 Å². The number of rotatable bonds is 27. The van der Waals surface area contributed by atoms with Crippen molar-refractivity contribution in [2.24, 2.45) is 0 Å². The summed E-state index contributed by atoms with van der Waals surface area (Å²) in [5, 5.41) is 0. The first kappa shape index (κ1) is 32.2. The molecule has 0 atom stereocenters. The normalized spacial score (nSPS) is 11.5. The number of hydrogen-bond acceptors (Lipinski definition) is 0. The first-order chi connectivity index (χ1) is 17.3. The lowest BCUT2D eigenvalue weighted by molar-refractivity contribution is -0.704. The summed E-state index contributed by atoms with van der Waals surface area (Å²) in [4.78, 5) is 0. The molecule has 0 spiro atoms. The van der Waals surface area contributed by atoms with Gasteiger partial charge in [-0.15, -0.1) is 0 Å². The Hall–Kier alpha value is -0.790. The van der Waals surface area contributed by atoms with E-state index in [0.29, 0.717) is 0 Å². The Kier molecular flexibility index (Phi) is 22.9. The third-order valence-corrected chi connectivity index (χ3v) is 7.85. The standard InChI is InChI=1S/C33H65N2/c1-4-7-10-13-15-17-19-21-24-27-30-35-32-31-34(33(35)28-25-22-12-9-6-3)29-26-23-20-18-16-14-11-8-5-2/h31-32H,4-30H2,1-3H3/q+1. The van der Waals surface area contributed by atoms with E-state index in [1.54, 1.807) is 5.82 Å². The van der Waals surface area contributed by atoms with Crippen molar-refractivity contribution in [3.63, 3.8) is 0 Å². The molecule has 0 aliphatic heterocycles. The van der Waals surface area contributed by atoms with E-state index in [0.717, 1.165) is 0 Å². The fourth-order valence-electron chi connectivity index (χ4n) is 5.44. The van der Waals surface area contributed by atoms with Gasteiger partial charge in [-0.2, -0.15) is 0 Å². The highest BCUT2D eigenvalue weighted by atomic mass is 15.1. The van der Waals surface area contributed by atoms with Crippen LogP contribution in [0.15, 0.2) is 12.4 Å². The van der Waals surface area contributed by atoms with E-state index in [4.69, 9.17) is 0 Å². The highest BCUT2D eigenvalue weighted by Crippen LogP contribution is 2.13. The molecule has 0 saturated carbocycles. The second-order valence-electron chi connectivity index (χ2n) is 11.3. The molecule has 0 aromatic carbocycles. The van der Waals surface area contributed by atoms with Gasteiger partial charge < -0.3 is 0 Å². The van der Waals surface area contributed by atoms with E-state index in [-0.39, 0.29) is 0 Å². The minimum Gasteiger partial charge on any atom is -0.234 e. The van der Waals surface area contributed by atoms with Crippen molar-refractivity contribution in [2.45, 2.75) is 194 Å². The molecule has 0 radical (unpaired) electrons. The van der Waals surface area contributed by atoms with Crippen molar-refractivity contribution in [3.05, 3.63) is 18.2 Å². The molecular formula is C33H65N2+. The molecule has 0 aliphatic rings. The molecule has 35 heavy (non-hydrogen) atoms. The van der Waals surface area contributed by atoms with Gasteiger partial charge in [0.1, 0.15) is 12.4 Å². The van der Waals surface area contributed by atoms with E-state index in [1.165, 1.54) is 174 Å². The molecule has 0 aliphatic carbocycles. The molecule has 1 aromatic heterocycles. The van der Waals surface area contributed by atoms with E-state index < -0.39 is 0 Å². The van der Waals surface area contributed by atoms with Crippen LogP contribution in [0.5, 0.6) is 0 Å². The fraction of sp³-hybridized carbons (Fsp3) is 0.909. The van der Waals surface area contributed by atoms with Gasteiger partial charge in [-0.1, -0.05) is 143 Å². The topological polar surface area (TPSA) is 8.81 Å². The summed E-state index contributed by atoms with van der Waals surface area (Å²) in [5.74, 6) is 1.61. The third-order valence-electron chi connectivity index (χ3n) is 7.85. The Bertz CT molecular complexity index is 547. The number of aromatic nitrogens is 2. The van der Waals surface area contributed by atoms with Gasteiger partial charge >= 0.3 is 0 Å². The Morgan fingerprint density at radius 2 is 0.886 bits per heavy atom. The van der Waals surface area contributed by atoms with Crippen LogP contribution in [0.3, 0.4) is 0 Å². The van der Waals surface area contributed by atoms with E-state index in [1.807, 2.05) is 0 Å². The average Bonchev–Trinajstić information content (AvgIpc) is 3.25. The molecule has 206 valence electrons. The van der Waals surface area contributed by atoms with Crippen molar-refractivity contribution < 1.29 is 4.57 Å². The minimum absolute atomic E-state index is 1.23. The van der Waals surface area contributed by atoms with Crippen LogP contribution in [-0.4, -0.2) is 4.57 Å². The summed E-state index contributed by atoms with van der Waals surface area (Å²) in [6.07, 6.45) is 40.0. The van der Waals surface area contributed by atoms with E-state index in [9.17, 15) is 0 Å². The maximum atomic E-state index is 2.61. The average molecular weight is 490 g/mol. The van der Waals surface area contributed by atoms with Gasteiger partial charge in [0.05, 0.1) is 13.1 Å². The number of aryl methyl sites for hydroxylation is 2. The number of hydrogen-bond donors (Lipinski definition) is 0. The highest BCUT2D eigenvalue weighted by molar-refractivity contribution is 4.84. The molecule has 0 unspecified atom stereocenters. The Morgan fingerprint density at radius 3 is 1.37 bits per heavy atom. The highest BCUT2D eigenvalue weighted by Gasteiger charge is 2.16. The van der Waals surface area contributed by atoms with E-state index >= 15 is 0 Å².